The molecule has 2 aromatic carbocycles. The summed E-state index contributed by atoms with van der Waals surface area (Å²) in [5.74, 6) is 0.375. The van der Waals surface area contributed by atoms with E-state index >= 15 is 0 Å². The van der Waals surface area contributed by atoms with Gasteiger partial charge in [0.05, 0.1) is 17.7 Å². The Kier molecular flexibility index (Phi) is 10.1. The van der Waals surface area contributed by atoms with Gasteiger partial charge in [-0.05, 0) is 51.1 Å². The fourth-order valence-electron chi connectivity index (χ4n) is 4.83. The highest BCUT2D eigenvalue weighted by molar-refractivity contribution is 6.30. The second-order valence-electron chi connectivity index (χ2n) is 10.7. The fraction of sp³-hybridized carbons (Fsp3) is 0.400. The SMILES string of the molecule is CO[C@H]1CN(C)C(=O)c2ccc(NC(=O)Nc3cccc(Cl)c3)cc2OC[C@@H](C)N(C(=O)Nc2c(C)noc2C)C[C@@H]1C. The summed E-state index contributed by atoms with van der Waals surface area (Å²) >= 11 is 6.02. The van der Waals surface area contributed by atoms with E-state index in [9.17, 15) is 14.4 Å². The molecule has 1 aliphatic heterocycles. The predicted molar refractivity (Wildman–Crippen MR) is 164 cm³/mol. The number of aromatic nitrogens is 1. The first-order chi connectivity index (χ1) is 20.5. The van der Waals surface area contributed by atoms with Crippen molar-refractivity contribution in [2.75, 3.05) is 49.8 Å². The van der Waals surface area contributed by atoms with Crippen molar-refractivity contribution in [3.05, 3.63) is 64.5 Å². The summed E-state index contributed by atoms with van der Waals surface area (Å²) in [6.45, 7) is 8.01. The third-order valence-electron chi connectivity index (χ3n) is 7.31. The molecule has 230 valence electrons. The Hall–Kier alpha value is -4.29. The molecule has 0 aliphatic carbocycles. The maximum Gasteiger partial charge on any atom is 0.323 e. The van der Waals surface area contributed by atoms with Crippen LogP contribution < -0.4 is 20.7 Å². The number of fused-ring (bicyclic) bond motifs is 1. The van der Waals surface area contributed by atoms with Gasteiger partial charge in [-0.2, -0.15) is 0 Å². The molecule has 2 heterocycles. The van der Waals surface area contributed by atoms with Crippen LogP contribution in [0.15, 0.2) is 47.0 Å². The van der Waals surface area contributed by atoms with Gasteiger partial charge in [-0.15, -0.1) is 0 Å². The van der Waals surface area contributed by atoms with E-state index in [0.717, 1.165) is 0 Å². The van der Waals surface area contributed by atoms with Gasteiger partial charge in [-0.25, -0.2) is 9.59 Å². The van der Waals surface area contributed by atoms with Crippen LogP contribution in [-0.4, -0.2) is 78.9 Å². The molecule has 0 bridgehead atoms. The Labute approximate surface area is 255 Å². The Morgan fingerprint density at radius 1 is 1.05 bits per heavy atom. The van der Waals surface area contributed by atoms with Crippen LogP contribution in [0.4, 0.5) is 26.7 Å². The quantitative estimate of drug-likeness (QED) is 0.347. The smallest absolute Gasteiger partial charge is 0.323 e. The predicted octanol–water partition coefficient (Wildman–Crippen LogP) is 5.63. The summed E-state index contributed by atoms with van der Waals surface area (Å²) in [5.41, 5.74) is 2.33. The maximum absolute atomic E-state index is 13.6. The zero-order valence-electron chi connectivity index (χ0n) is 25.1. The number of aryl methyl sites for hydroxylation is 2. The van der Waals surface area contributed by atoms with E-state index in [1.165, 1.54) is 0 Å². The van der Waals surface area contributed by atoms with Gasteiger partial charge in [0.1, 0.15) is 23.7 Å². The number of benzene rings is 2. The van der Waals surface area contributed by atoms with Crippen molar-refractivity contribution in [2.24, 2.45) is 5.92 Å². The van der Waals surface area contributed by atoms with E-state index in [-0.39, 0.29) is 42.9 Å². The molecule has 5 amide bonds. The molecule has 3 N–H and O–H groups in total. The van der Waals surface area contributed by atoms with E-state index in [1.807, 2.05) is 13.8 Å². The molecule has 0 spiro atoms. The van der Waals surface area contributed by atoms with Gasteiger partial charge in [0, 0.05) is 55.6 Å². The van der Waals surface area contributed by atoms with Crippen molar-refractivity contribution >= 4 is 46.6 Å². The van der Waals surface area contributed by atoms with Crippen molar-refractivity contribution in [1.29, 1.82) is 0 Å². The number of hydrogen-bond donors (Lipinski definition) is 3. The van der Waals surface area contributed by atoms with Crippen molar-refractivity contribution in [2.45, 2.75) is 39.8 Å². The number of anilines is 3. The summed E-state index contributed by atoms with van der Waals surface area (Å²) in [6.07, 6.45) is -0.351. The first-order valence-corrected chi connectivity index (χ1v) is 14.2. The van der Waals surface area contributed by atoms with Gasteiger partial charge >= 0.3 is 12.1 Å². The number of hydrogen-bond acceptors (Lipinski definition) is 7. The lowest BCUT2D eigenvalue weighted by Gasteiger charge is -2.36. The second kappa shape index (κ2) is 13.8. The molecule has 0 saturated carbocycles. The zero-order valence-corrected chi connectivity index (χ0v) is 25.8. The monoisotopic (exact) mass is 612 g/mol. The number of ether oxygens (including phenoxy) is 2. The maximum atomic E-state index is 13.6. The van der Waals surface area contributed by atoms with Gasteiger partial charge in [-0.3, -0.25) is 4.79 Å². The summed E-state index contributed by atoms with van der Waals surface area (Å²) in [4.78, 5) is 43.0. The number of urea groups is 2. The Bertz CT molecular complexity index is 1460. The molecule has 0 fully saturated rings. The molecule has 12 nitrogen and oxygen atoms in total. The van der Waals surface area contributed by atoms with Crippen molar-refractivity contribution in [3.8, 4) is 5.75 Å². The third kappa shape index (κ3) is 7.76. The minimum Gasteiger partial charge on any atom is -0.491 e. The topological polar surface area (TPSA) is 138 Å². The molecule has 0 radical (unpaired) electrons. The van der Waals surface area contributed by atoms with Gasteiger partial charge in [0.2, 0.25) is 0 Å². The standard InChI is InChI=1S/C30H37ClN6O6/c1-17-14-37(30(40)34-27-19(3)35-43-20(27)4)18(2)16-42-25-13-23(33-29(39)32-22-9-7-8-21(31)12-22)10-11-24(25)28(38)36(5)15-26(17)41-6/h7-13,17-18,26H,14-16H2,1-6H3,(H,34,40)(H2,32,33,39)/t17-,18+,26-/m0/s1. The molecule has 4 rings (SSSR count). The molecule has 3 atom stereocenters. The molecule has 0 unspecified atom stereocenters. The lowest BCUT2D eigenvalue weighted by molar-refractivity contribution is 0.0174. The third-order valence-corrected chi connectivity index (χ3v) is 7.55. The van der Waals surface area contributed by atoms with Crippen LogP contribution in [0.3, 0.4) is 0 Å². The van der Waals surface area contributed by atoms with E-state index in [1.54, 1.807) is 80.3 Å². The van der Waals surface area contributed by atoms with Crippen molar-refractivity contribution < 1.29 is 28.4 Å². The lowest BCUT2D eigenvalue weighted by atomic mass is 10.0. The van der Waals surface area contributed by atoms with Crippen LogP contribution in [0.5, 0.6) is 5.75 Å². The summed E-state index contributed by atoms with van der Waals surface area (Å²) in [7, 11) is 3.28. The minimum atomic E-state index is -0.494. The highest BCUT2D eigenvalue weighted by Gasteiger charge is 2.31. The molecular formula is C30H37ClN6O6. The summed E-state index contributed by atoms with van der Waals surface area (Å²) in [6, 6.07) is 10.3. The van der Waals surface area contributed by atoms with Crippen LogP contribution in [0.25, 0.3) is 0 Å². The molecule has 13 heteroatoms. The van der Waals surface area contributed by atoms with Gasteiger partial charge in [0.15, 0.2) is 5.76 Å². The highest BCUT2D eigenvalue weighted by atomic mass is 35.5. The second-order valence-corrected chi connectivity index (χ2v) is 11.1. The van der Waals surface area contributed by atoms with E-state index in [4.69, 9.17) is 25.6 Å². The van der Waals surface area contributed by atoms with Crippen LogP contribution in [0, 0.1) is 19.8 Å². The highest BCUT2D eigenvalue weighted by Crippen LogP contribution is 2.28. The molecule has 0 saturated heterocycles. The molecule has 3 aromatic rings. The molecular weight excluding hydrogens is 576 g/mol. The number of carbonyl (C=O) groups excluding carboxylic acids is 3. The number of carbonyl (C=O) groups is 3. The van der Waals surface area contributed by atoms with E-state index < -0.39 is 12.1 Å². The van der Waals surface area contributed by atoms with Crippen LogP contribution >= 0.6 is 11.6 Å². The van der Waals surface area contributed by atoms with Crippen LogP contribution in [0.2, 0.25) is 5.02 Å². The number of nitrogens with one attached hydrogen (secondary N) is 3. The Morgan fingerprint density at radius 3 is 2.42 bits per heavy atom. The number of amides is 5. The summed E-state index contributed by atoms with van der Waals surface area (Å²) < 4.78 is 17.2. The zero-order chi connectivity index (χ0) is 31.3. The number of halogens is 1. The lowest BCUT2D eigenvalue weighted by Crippen LogP contribution is -2.50. The molecule has 1 aromatic heterocycles. The van der Waals surface area contributed by atoms with Crippen LogP contribution in [-0.2, 0) is 4.74 Å². The number of rotatable bonds is 4. The van der Waals surface area contributed by atoms with E-state index in [0.29, 0.717) is 45.6 Å². The van der Waals surface area contributed by atoms with Gasteiger partial charge < -0.3 is 39.7 Å². The van der Waals surface area contributed by atoms with Crippen molar-refractivity contribution in [3.63, 3.8) is 0 Å². The molecule has 43 heavy (non-hydrogen) atoms. The van der Waals surface area contributed by atoms with Gasteiger partial charge in [-0.1, -0.05) is 29.7 Å². The van der Waals surface area contributed by atoms with Gasteiger partial charge in [0.25, 0.3) is 5.91 Å². The Morgan fingerprint density at radius 2 is 1.77 bits per heavy atom. The van der Waals surface area contributed by atoms with Crippen molar-refractivity contribution in [1.82, 2.24) is 15.0 Å². The minimum absolute atomic E-state index is 0.0710. The summed E-state index contributed by atoms with van der Waals surface area (Å²) in [5, 5.41) is 12.8. The van der Waals surface area contributed by atoms with Crippen LogP contribution in [0.1, 0.15) is 35.7 Å². The normalized spacial score (nSPS) is 19.4. The number of likely N-dealkylation sites (N-methyl/N-ethyl adjacent to an activating group) is 1. The largest absolute Gasteiger partial charge is 0.491 e. The average molecular weight is 613 g/mol. The number of methoxy groups -OCH3 is 1. The fourth-order valence-corrected chi connectivity index (χ4v) is 5.02. The first-order valence-electron chi connectivity index (χ1n) is 13.9. The number of nitrogens with zero attached hydrogens (tertiary/aromatic N) is 3. The van der Waals surface area contributed by atoms with E-state index in [2.05, 4.69) is 21.1 Å². The Balaban J connectivity index is 1.60. The molecule has 1 aliphatic rings. The average Bonchev–Trinajstić information content (AvgIpc) is 3.28. The first kappa shape index (κ1) is 31.6.